The second-order valence-electron chi connectivity index (χ2n) is 7.56. The summed E-state index contributed by atoms with van der Waals surface area (Å²) in [7, 11) is 0. The van der Waals surface area contributed by atoms with Crippen LogP contribution in [0, 0.1) is 20.8 Å². The highest BCUT2D eigenvalue weighted by Gasteiger charge is 2.18. The maximum absolute atomic E-state index is 12.7. The number of hydrogen-bond acceptors (Lipinski definition) is 6. The van der Waals surface area contributed by atoms with Crippen molar-refractivity contribution >= 4 is 23.1 Å². The number of nitrogens with zero attached hydrogens (tertiary/aromatic N) is 6. The summed E-state index contributed by atoms with van der Waals surface area (Å²) in [6.07, 6.45) is 0. The molecule has 3 heterocycles. The van der Waals surface area contributed by atoms with Gasteiger partial charge >= 0.3 is 0 Å². The topological polar surface area (TPSA) is 78.7 Å². The first-order valence-electron chi connectivity index (χ1n) is 10.0. The lowest BCUT2D eigenvalue weighted by atomic mass is 10.1. The van der Waals surface area contributed by atoms with Gasteiger partial charge in [-0.05, 0) is 57.1 Å². The lowest BCUT2D eigenvalue weighted by Crippen LogP contribution is -2.46. The maximum atomic E-state index is 12.7. The summed E-state index contributed by atoms with van der Waals surface area (Å²) in [4.78, 5) is 26.2. The van der Waals surface area contributed by atoms with Crippen LogP contribution < -0.4 is 10.2 Å². The molecule has 0 saturated carbocycles. The summed E-state index contributed by atoms with van der Waals surface area (Å²) in [6, 6.07) is 8.06. The number of anilines is 2. The number of fused-ring (bicyclic) bond motifs is 1. The average molecular weight is 393 g/mol. The molecular weight excluding hydrogens is 366 g/mol. The largest absolute Gasteiger partial charge is 0.369 e. The second-order valence-corrected chi connectivity index (χ2v) is 7.56. The molecule has 1 aliphatic heterocycles. The molecule has 1 saturated heterocycles. The lowest BCUT2D eigenvalue weighted by molar-refractivity contribution is 0.101. The summed E-state index contributed by atoms with van der Waals surface area (Å²) in [6.45, 7) is 13.3. The third-order valence-electron chi connectivity index (χ3n) is 5.46. The SMILES string of the molecule is CCN1CCN(c2ccc(NC(=O)c3nc4nc(C)cc(C)n4n3)c(C)c2)CC1. The van der Waals surface area contributed by atoms with E-state index in [0.717, 1.165) is 55.4 Å². The van der Waals surface area contributed by atoms with E-state index in [2.05, 4.69) is 49.2 Å². The zero-order valence-corrected chi connectivity index (χ0v) is 17.4. The van der Waals surface area contributed by atoms with Gasteiger partial charge < -0.3 is 15.1 Å². The van der Waals surface area contributed by atoms with E-state index in [0.29, 0.717) is 5.78 Å². The number of piperazine rings is 1. The molecule has 152 valence electrons. The molecule has 8 heteroatoms. The quantitative estimate of drug-likeness (QED) is 0.734. The molecule has 0 spiro atoms. The number of carbonyl (C=O) groups excluding carboxylic acids is 1. The van der Waals surface area contributed by atoms with E-state index >= 15 is 0 Å². The van der Waals surface area contributed by atoms with Crippen molar-refractivity contribution in [2.24, 2.45) is 0 Å². The van der Waals surface area contributed by atoms with Crippen molar-refractivity contribution in [3.8, 4) is 0 Å². The minimum atomic E-state index is -0.333. The van der Waals surface area contributed by atoms with E-state index in [1.807, 2.05) is 32.9 Å². The van der Waals surface area contributed by atoms with Crippen molar-refractivity contribution in [1.29, 1.82) is 0 Å². The van der Waals surface area contributed by atoms with Crippen LogP contribution >= 0.6 is 0 Å². The Balaban J connectivity index is 1.49. The van der Waals surface area contributed by atoms with Crippen LogP contribution in [0.4, 0.5) is 11.4 Å². The van der Waals surface area contributed by atoms with Crippen LogP contribution in [-0.4, -0.2) is 63.1 Å². The van der Waals surface area contributed by atoms with Gasteiger partial charge in [0.25, 0.3) is 11.7 Å². The molecular formula is C21H27N7O. The number of rotatable bonds is 4. The predicted octanol–water partition coefficient (Wildman–Crippen LogP) is 2.44. The molecule has 1 aromatic carbocycles. The Morgan fingerprint density at radius 2 is 1.83 bits per heavy atom. The Hall–Kier alpha value is -3.00. The van der Waals surface area contributed by atoms with Gasteiger partial charge in [0.15, 0.2) is 0 Å². The maximum Gasteiger partial charge on any atom is 0.295 e. The summed E-state index contributed by atoms with van der Waals surface area (Å²) in [5.74, 6) is 0.219. The number of carbonyl (C=O) groups is 1. The van der Waals surface area contributed by atoms with Crippen molar-refractivity contribution in [2.75, 3.05) is 42.9 Å². The molecule has 0 unspecified atom stereocenters. The van der Waals surface area contributed by atoms with Crippen molar-refractivity contribution in [2.45, 2.75) is 27.7 Å². The van der Waals surface area contributed by atoms with Crippen LogP contribution in [0.2, 0.25) is 0 Å². The summed E-state index contributed by atoms with van der Waals surface area (Å²) in [5.41, 5.74) is 4.72. The second kappa shape index (κ2) is 7.79. The Kier molecular flexibility index (Phi) is 5.19. The molecule has 0 bridgehead atoms. The zero-order valence-electron chi connectivity index (χ0n) is 17.4. The number of amides is 1. The van der Waals surface area contributed by atoms with Gasteiger partial charge in [0.2, 0.25) is 5.82 Å². The smallest absolute Gasteiger partial charge is 0.295 e. The van der Waals surface area contributed by atoms with E-state index in [1.165, 1.54) is 5.69 Å². The fourth-order valence-corrected chi connectivity index (χ4v) is 3.75. The molecule has 2 aromatic heterocycles. The number of aromatic nitrogens is 4. The van der Waals surface area contributed by atoms with Crippen molar-refractivity contribution < 1.29 is 4.79 Å². The number of hydrogen-bond donors (Lipinski definition) is 1. The third kappa shape index (κ3) is 3.93. The van der Waals surface area contributed by atoms with Crippen LogP contribution in [-0.2, 0) is 0 Å². The van der Waals surface area contributed by atoms with Gasteiger partial charge in [-0.25, -0.2) is 9.50 Å². The van der Waals surface area contributed by atoms with E-state index < -0.39 is 0 Å². The highest BCUT2D eigenvalue weighted by molar-refractivity contribution is 6.02. The molecule has 8 nitrogen and oxygen atoms in total. The number of benzene rings is 1. The molecule has 0 atom stereocenters. The van der Waals surface area contributed by atoms with Gasteiger partial charge in [-0.15, -0.1) is 5.10 Å². The lowest BCUT2D eigenvalue weighted by Gasteiger charge is -2.35. The number of nitrogens with one attached hydrogen (secondary N) is 1. The van der Waals surface area contributed by atoms with Crippen LogP contribution in [0.1, 0.15) is 34.5 Å². The molecule has 1 N–H and O–H groups in total. The van der Waals surface area contributed by atoms with Gasteiger partial charge in [-0.1, -0.05) is 6.92 Å². The molecule has 3 aromatic rings. The van der Waals surface area contributed by atoms with Crippen LogP contribution in [0.5, 0.6) is 0 Å². The Bertz CT molecular complexity index is 1050. The molecule has 4 rings (SSSR count). The summed E-state index contributed by atoms with van der Waals surface area (Å²) < 4.78 is 1.59. The highest BCUT2D eigenvalue weighted by atomic mass is 16.2. The monoisotopic (exact) mass is 393 g/mol. The molecule has 29 heavy (non-hydrogen) atoms. The Labute approximate surface area is 170 Å². The van der Waals surface area contributed by atoms with Crippen LogP contribution in [0.3, 0.4) is 0 Å². The van der Waals surface area contributed by atoms with Crippen LogP contribution in [0.15, 0.2) is 24.3 Å². The average Bonchev–Trinajstić information content (AvgIpc) is 3.14. The molecule has 1 aliphatic rings. The standard InChI is InChI=1S/C21H27N7O/c1-5-26-8-10-27(11-9-26)17-6-7-18(14(2)12-17)23-20(29)19-24-21-22-15(3)13-16(4)28(21)25-19/h6-7,12-13H,5,8-11H2,1-4H3,(H,23,29). The first kappa shape index (κ1) is 19.3. The normalized spacial score (nSPS) is 15.1. The molecule has 0 aliphatic carbocycles. The first-order chi connectivity index (χ1) is 13.9. The number of likely N-dealkylation sites (N-methyl/N-ethyl adjacent to an activating group) is 1. The fraction of sp³-hybridized carbons (Fsp3) is 0.429. The summed E-state index contributed by atoms with van der Waals surface area (Å²) in [5, 5.41) is 7.24. The first-order valence-corrected chi connectivity index (χ1v) is 10.0. The Morgan fingerprint density at radius 1 is 1.07 bits per heavy atom. The van der Waals surface area contributed by atoms with Crippen molar-refractivity contribution in [3.05, 3.63) is 47.0 Å². The van der Waals surface area contributed by atoms with Crippen molar-refractivity contribution in [3.63, 3.8) is 0 Å². The van der Waals surface area contributed by atoms with E-state index in [4.69, 9.17) is 0 Å². The van der Waals surface area contributed by atoms with Gasteiger partial charge in [0, 0.05) is 48.9 Å². The highest BCUT2D eigenvalue weighted by Crippen LogP contribution is 2.24. The van der Waals surface area contributed by atoms with E-state index in [-0.39, 0.29) is 11.7 Å². The third-order valence-corrected chi connectivity index (χ3v) is 5.46. The molecule has 1 amide bonds. The summed E-state index contributed by atoms with van der Waals surface area (Å²) >= 11 is 0. The Morgan fingerprint density at radius 3 is 2.52 bits per heavy atom. The minimum absolute atomic E-state index is 0.116. The van der Waals surface area contributed by atoms with Gasteiger partial charge in [-0.2, -0.15) is 4.98 Å². The van der Waals surface area contributed by atoms with Crippen molar-refractivity contribution in [1.82, 2.24) is 24.5 Å². The fourth-order valence-electron chi connectivity index (χ4n) is 3.75. The number of aryl methyl sites for hydroxylation is 3. The molecule has 0 radical (unpaired) electrons. The van der Waals surface area contributed by atoms with E-state index in [9.17, 15) is 4.79 Å². The van der Waals surface area contributed by atoms with Gasteiger partial charge in [0.05, 0.1) is 0 Å². The predicted molar refractivity (Wildman–Crippen MR) is 114 cm³/mol. The molecule has 1 fully saturated rings. The zero-order chi connectivity index (χ0) is 20.5. The van der Waals surface area contributed by atoms with Crippen LogP contribution in [0.25, 0.3) is 5.78 Å². The minimum Gasteiger partial charge on any atom is -0.369 e. The van der Waals surface area contributed by atoms with Gasteiger partial charge in [-0.3, -0.25) is 4.79 Å². The van der Waals surface area contributed by atoms with Gasteiger partial charge in [0.1, 0.15) is 0 Å². The van der Waals surface area contributed by atoms with E-state index in [1.54, 1.807) is 4.52 Å².